The number of amides is 1. The van der Waals surface area contributed by atoms with Crippen LogP contribution >= 0.6 is 23.4 Å². The van der Waals surface area contributed by atoms with Crippen LogP contribution in [0, 0.1) is 13.8 Å². The van der Waals surface area contributed by atoms with Crippen molar-refractivity contribution in [3.05, 3.63) is 77.1 Å². The minimum Gasteiger partial charge on any atom is -0.481 e. The molecule has 1 atom stereocenters. The van der Waals surface area contributed by atoms with Crippen molar-refractivity contribution in [2.45, 2.75) is 38.6 Å². The molecule has 0 bridgehead atoms. The fraction of sp³-hybridized carbons (Fsp3) is 0.261. The minimum atomic E-state index is -0.384. The van der Waals surface area contributed by atoms with E-state index in [-0.39, 0.29) is 17.8 Å². The first kappa shape index (κ1) is 22.9. The van der Waals surface area contributed by atoms with Crippen molar-refractivity contribution in [3.63, 3.8) is 0 Å². The summed E-state index contributed by atoms with van der Waals surface area (Å²) in [6, 6.07) is 13.2. The van der Waals surface area contributed by atoms with Crippen LogP contribution in [0.15, 0.2) is 60.3 Å². The molecule has 0 saturated carbocycles. The smallest absolute Gasteiger partial charge is 0.234 e. The number of anilines is 1. The number of hydrogen-bond donors (Lipinski definition) is 1. The van der Waals surface area contributed by atoms with E-state index in [1.165, 1.54) is 11.8 Å². The topological polar surface area (TPSA) is 69.0 Å². The molecule has 0 aliphatic rings. The summed E-state index contributed by atoms with van der Waals surface area (Å²) in [6.07, 6.45) is 1.38. The molecule has 1 amide bonds. The van der Waals surface area contributed by atoms with Gasteiger partial charge < -0.3 is 10.1 Å². The van der Waals surface area contributed by atoms with Gasteiger partial charge in [0.15, 0.2) is 17.1 Å². The number of carbonyl (C=O) groups excluding carboxylic acids is 1. The van der Waals surface area contributed by atoms with Gasteiger partial charge in [-0.15, -0.1) is 16.8 Å². The number of halogens is 1. The molecule has 3 rings (SSSR count). The van der Waals surface area contributed by atoms with Crippen LogP contribution in [0.2, 0.25) is 5.02 Å². The standard InChI is InChI=1S/C23H25ClN4O2S/c1-5-12-28-22(17(4)30-20-9-7-6-8-18(20)24)26-27-23(28)31-14-21(29)25-19-11-10-15(2)13-16(19)3/h5-11,13,17H,1,12,14H2,2-4H3,(H,25,29). The molecule has 1 aromatic heterocycles. The van der Waals surface area contributed by atoms with Gasteiger partial charge >= 0.3 is 0 Å². The molecule has 0 aliphatic heterocycles. The number of ether oxygens (including phenoxy) is 1. The zero-order valence-electron chi connectivity index (χ0n) is 17.8. The monoisotopic (exact) mass is 456 g/mol. The van der Waals surface area contributed by atoms with Gasteiger partial charge in [-0.3, -0.25) is 9.36 Å². The summed E-state index contributed by atoms with van der Waals surface area (Å²) in [5.74, 6) is 1.32. The normalized spacial score (nSPS) is 11.7. The lowest BCUT2D eigenvalue weighted by Gasteiger charge is -2.16. The highest BCUT2D eigenvalue weighted by Gasteiger charge is 2.20. The molecule has 8 heteroatoms. The first-order valence-corrected chi connectivity index (χ1v) is 11.2. The van der Waals surface area contributed by atoms with Gasteiger partial charge in [0, 0.05) is 12.2 Å². The van der Waals surface area contributed by atoms with E-state index in [2.05, 4.69) is 22.1 Å². The Morgan fingerprint density at radius 2 is 2.06 bits per heavy atom. The Labute approximate surface area is 191 Å². The summed E-state index contributed by atoms with van der Waals surface area (Å²) in [7, 11) is 0. The Morgan fingerprint density at radius 3 is 2.77 bits per heavy atom. The number of para-hydroxylation sites is 1. The Bertz CT molecular complexity index is 1080. The van der Waals surface area contributed by atoms with Gasteiger partial charge in [0.25, 0.3) is 0 Å². The second-order valence-electron chi connectivity index (χ2n) is 7.09. The summed E-state index contributed by atoms with van der Waals surface area (Å²) >= 11 is 7.52. The van der Waals surface area contributed by atoms with E-state index < -0.39 is 0 Å². The van der Waals surface area contributed by atoms with Gasteiger partial charge in [0.05, 0.1) is 10.8 Å². The van der Waals surface area contributed by atoms with Gasteiger partial charge in [-0.1, -0.05) is 59.3 Å². The van der Waals surface area contributed by atoms with Gasteiger partial charge in [0.2, 0.25) is 5.91 Å². The van der Waals surface area contributed by atoms with Crippen molar-refractivity contribution < 1.29 is 9.53 Å². The lowest BCUT2D eigenvalue weighted by Crippen LogP contribution is -2.16. The second kappa shape index (κ2) is 10.5. The Hall–Kier alpha value is -2.77. The van der Waals surface area contributed by atoms with Gasteiger partial charge in [-0.2, -0.15) is 0 Å². The summed E-state index contributed by atoms with van der Waals surface area (Å²) in [4.78, 5) is 12.5. The number of hydrogen-bond acceptors (Lipinski definition) is 5. The van der Waals surface area contributed by atoms with Gasteiger partial charge in [0.1, 0.15) is 5.75 Å². The SMILES string of the molecule is C=CCn1c(SCC(=O)Nc2ccc(C)cc2C)nnc1C(C)Oc1ccccc1Cl. The molecule has 0 aliphatic carbocycles. The summed E-state index contributed by atoms with van der Waals surface area (Å²) in [5, 5.41) is 12.7. The second-order valence-corrected chi connectivity index (χ2v) is 8.44. The number of aryl methyl sites for hydroxylation is 2. The third kappa shape index (κ3) is 5.89. The summed E-state index contributed by atoms with van der Waals surface area (Å²) in [6.45, 7) is 10.2. The summed E-state index contributed by atoms with van der Waals surface area (Å²) < 4.78 is 7.87. The van der Waals surface area contributed by atoms with Crippen molar-refractivity contribution in [2.24, 2.45) is 0 Å². The number of thioether (sulfide) groups is 1. The van der Waals surface area contributed by atoms with Crippen LogP contribution in [0.3, 0.4) is 0 Å². The van der Waals surface area contributed by atoms with Crippen LogP contribution in [0.4, 0.5) is 5.69 Å². The molecule has 162 valence electrons. The number of carbonyl (C=O) groups is 1. The molecular weight excluding hydrogens is 432 g/mol. The molecule has 1 unspecified atom stereocenters. The lowest BCUT2D eigenvalue weighted by molar-refractivity contribution is -0.113. The molecule has 0 saturated heterocycles. The molecule has 0 radical (unpaired) electrons. The first-order chi connectivity index (χ1) is 14.9. The van der Waals surface area contributed by atoms with E-state index in [9.17, 15) is 4.79 Å². The fourth-order valence-electron chi connectivity index (χ4n) is 3.06. The van der Waals surface area contributed by atoms with E-state index in [1.54, 1.807) is 18.2 Å². The maximum Gasteiger partial charge on any atom is 0.234 e. The van der Waals surface area contributed by atoms with Crippen LogP contribution in [0.1, 0.15) is 30.0 Å². The van der Waals surface area contributed by atoms with Crippen molar-refractivity contribution in [1.82, 2.24) is 14.8 Å². The molecule has 0 spiro atoms. The van der Waals surface area contributed by atoms with Crippen LogP contribution < -0.4 is 10.1 Å². The average Bonchev–Trinajstić information content (AvgIpc) is 3.13. The maximum absolute atomic E-state index is 12.5. The molecular formula is C23H25ClN4O2S. The van der Waals surface area contributed by atoms with Crippen molar-refractivity contribution in [2.75, 3.05) is 11.1 Å². The maximum atomic E-state index is 12.5. The van der Waals surface area contributed by atoms with Crippen LogP contribution in [0.25, 0.3) is 0 Å². The predicted molar refractivity (Wildman–Crippen MR) is 126 cm³/mol. The lowest BCUT2D eigenvalue weighted by atomic mass is 10.1. The Balaban J connectivity index is 1.69. The van der Waals surface area contributed by atoms with Crippen molar-refractivity contribution >= 4 is 35.0 Å². The highest BCUT2D eigenvalue weighted by Crippen LogP contribution is 2.29. The van der Waals surface area contributed by atoms with Crippen LogP contribution in [-0.2, 0) is 11.3 Å². The zero-order valence-corrected chi connectivity index (χ0v) is 19.3. The Morgan fingerprint density at radius 1 is 1.29 bits per heavy atom. The quantitative estimate of drug-likeness (QED) is 0.335. The number of rotatable bonds is 9. The van der Waals surface area contributed by atoms with Gasteiger partial charge in [-0.05, 0) is 44.5 Å². The number of allylic oxidation sites excluding steroid dienone is 1. The molecule has 0 fully saturated rings. The first-order valence-electron chi connectivity index (χ1n) is 9.84. The van der Waals surface area contributed by atoms with Crippen molar-refractivity contribution in [3.8, 4) is 5.75 Å². The fourth-order valence-corrected chi connectivity index (χ4v) is 4.00. The molecule has 1 N–H and O–H groups in total. The third-order valence-corrected chi connectivity index (χ3v) is 5.83. The van der Waals surface area contributed by atoms with E-state index in [4.69, 9.17) is 16.3 Å². The number of nitrogens with zero attached hydrogens (tertiary/aromatic N) is 3. The molecule has 31 heavy (non-hydrogen) atoms. The van der Waals surface area contributed by atoms with E-state index >= 15 is 0 Å². The molecule has 1 heterocycles. The third-order valence-electron chi connectivity index (χ3n) is 4.55. The zero-order chi connectivity index (χ0) is 22.4. The molecule has 2 aromatic carbocycles. The van der Waals surface area contributed by atoms with Crippen LogP contribution in [0.5, 0.6) is 5.75 Å². The minimum absolute atomic E-state index is 0.105. The molecule has 3 aromatic rings. The van der Waals surface area contributed by atoms with E-state index in [0.29, 0.717) is 28.3 Å². The highest BCUT2D eigenvalue weighted by atomic mass is 35.5. The van der Waals surface area contributed by atoms with Crippen LogP contribution in [-0.4, -0.2) is 26.4 Å². The summed E-state index contributed by atoms with van der Waals surface area (Å²) in [5.41, 5.74) is 3.00. The number of nitrogens with one attached hydrogen (secondary N) is 1. The van der Waals surface area contributed by atoms with E-state index in [1.807, 2.05) is 55.7 Å². The van der Waals surface area contributed by atoms with Gasteiger partial charge in [-0.25, -0.2) is 0 Å². The number of aromatic nitrogens is 3. The average molecular weight is 457 g/mol. The Kier molecular flexibility index (Phi) is 7.76. The predicted octanol–water partition coefficient (Wildman–Crippen LogP) is 5.61. The van der Waals surface area contributed by atoms with E-state index in [0.717, 1.165) is 16.8 Å². The number of benzene rings is 2. The molecule has 6 nitrogen and oxygen atoms in total. The largest absolute Gasteiger partial charge is 0.481 e. The highest BCUT2D eigenvalue weighted by molar-refractivity contribution is 7.99. The van der Waals surface area contributed by atoms with Crippen molar-refractivity contribution in [1.29, 1.82) is 0 Å².